The first kappa shape index (κ1) is 20.2. The standard InChI is InChI=1S/C23H30N2O3/c1-5-28-23(27)20-11-13-24(14-12-20)22(26)21-15-16(2)25(18(21)4)17(3)19-9-7-6-8-10-19/h6-10,15,17,20H,5,11-14H2,1-4H3. The fourth-order valence-corrected chi connectivity index (χ4v) is 4.22. The number of rotatable bonds is 5. The van der Waals surface area contributed by atoms with Gasteiger partial charge in [-0.05, 0) is 52.2 Å². The summed E-state index contributed by atoms with van der Waals surface area (Å²) in [4.78, 5) is 26.9. The molecule has 1 saturated heterocycles. The number of aromatic nitrogens is 1. The van der Waals surface area contributed by atoms with Crippen molar-refractivity contribution >= 4 is 11.9 Å². The maximum atomic E-state index is 13.1. The lowest BCUT2D eigenvalue weighted by Crippen LogP contribution is -2.40. The van der Waals surface area contributed by atoms with E-state index in [1.807, 2.05) is 43.0 Å². The Morgan fingerprint density at radius 1 is 1.14 bits per heavy atom. The van der Waals surface area contributed by atoms with Crippen molar-refractivity contribution in [3.8, 4) is 0 Å². The third-order valence-electron chi connectivity index (χ3n) is 5.79. The molecule has 1 aromatic carbocycles. The van der Waals surface area contributed by atoms with Gasteiger partial charge in [-0.25, -0.2) is 0 Å². The monoisotopic (exact) mass is 382 g/mol. The topological polar surface area (TPSA) is 51.5 Å². The molecule has 0 bridgehead atoms. The van der Waals surface area contributed by atoms with E-state index in [0.717, 1.165) is 17.0 Å². The second-order valence-electron chi connectivity index (χ2n) is 7.56. The molecule has 5 heteroatoms. The molecular formula is C23H30N2O3. The average Bonchev–Trinajstić information content (AvgIpc) is 3.02. The molecule has 2 heterocycles. The number of carbonyl (C=O) groups is 2. The lowest BCUT2D eigenvalue weighted by molar-refractivity contribution is -0.149. The molecule has 3 rings (SSSR count). The van der Waals surface area contributed by atoms with Gasteiger partial charge < -0.3 is 14.2 Å². The molecule has 1 atom stereocenters. The average molecular weight is 383 g/mol. The zero-order chi connectivity index (χ0) is 20.3. The molecule has 1 aromatic heterocycles. The Hall–Kier alpha value is -2.56. The minimum Gasteiger partial charge on any atom is -0.466 e. The van der Waals surface area contributed by atoms with Crippen LogP contribution in [0, 0.1) is 19.8 Å². The molecule has 0 spiro atoms. The van der Waals surface area contributed by atoms with Crippen molar-refractivity contribution < 1.29 is 14.3 Å². The Bertz CT molecular complexity index is 833. The van der Waals surface area contributed by atoms with Crippen molar-refractivity contribution in [3.63, 3.8) is 0 Å². The van der Waals surface area contributed by atoms with Gasteiger partial charge in [0.2, 0.25) is 0 Å². The van der Waals surface area contributed by atoms with Gasteiger partial charge in [-0.15, -0.1) is 0 Å². The molecule has 0 N–H and O–H groups in total. The van der Waals surface area contributed by atoms with Crippen LogP contribution in [-0.2, 0) is 9.53 Å². The summed E-state index contributed by atoms with van der Waals surface area (Å²) in [7, 11) is 0. The van der Waals surface area contributed by atoms with Gasteiger partial charge in [0.25, 0.3) is 5.91 Å². The van der Waals surface area contributed by atoms with Crippen LogP contribution in [0.1, 0.15) is 60.0 Å². The van der Waals surface area contributed by atoms with Crippen LogP contribution in [-0.4, -0.2) is 41.0 Å². The third kappa shape index (κ3) is 3.98. The SMILES string of the molecule is CCOC(=O)C1CCN(C(=O)c2cc(C)n(C(C)c3ccccc3)c2C)CC1. The molecule has 28 heavy (non-hydrogen) atoms. The lowest BCUT2D eigenvalue weighted by atomic mass is 9.96. The van der Waals surface area contributed by atoms with Crippen molar-refractivity contribution in [2.75, 3.05) is 19.7 Å². The highest BCUT2D eigenvalue weighted by Gasteiger charge is 2.30. The van der Waals surface area contributed by atoms with E-state index in [0.29, 0.717) is 32.5 Å². The summed E-state index contributed by atoms with van der Waals surface area (Å²) < 4.78 is 7.35. The number of aryl methyl sites for hydroxylation is 1. The summed E-state index contributed by atoms with van der Waals surface area (Å²) in [5, 5.41) is 0. The Kier molecular flexibility index (Phi) is 6.22. The Morgan fingerprint density at radius 2 is 1.79 bits per heavy atom. The lowest BCUT2D eigenvalue weighted by Gasteiger charge is -2.31. The molecule has 1 aliphatic rings. The predicted octanol–water partition coefficient (Wildman–Crippen LogP) is 4.13. The van der Waals surface area contributed by atoms with Gasteiger partial charge in [0.05, 0.1) is 24.1 Å². The van der Waals surface area contributed by atoms with E-state index in [1.165, 1.54) is 5.56 Å². The number of piperidine rings is 1. The molecule has 1 aliphatic heterocycles. The smallest absolute Gasteiger partial charge is 0.309 e. The van der Waals surface area contributed by atoms with E-state index in [9.17, 15) is 9.59 Å². The van der Waals surface area contributed by atoms with Gasteiger partial charge in [0, 0.05) is 24.5 Å². The van der Waals surface area contributed by atoms with Crippen LogP contribution in [0.25, 0.3) is 0 Å². The van der Waals surface area contributed by atoms with E-state index in [4.69, 9.17) is 4.74 Å². The zero-order valence-electron chi connectivity index (χ0n) is 17.3. The molecular weight excluding hydrogens is 352 g/mol. The number of benzene rings is 1. The molecule has 2 aromatic rings. The van der Waals surface area contributed by atoms with Crippen LogP contribution in [0.15, 0.2) is 36.4 Å². The number of carbonyl (C=O) groups excluding carboxylic acids is 2. The Labute approximate surface area is 167 Å². The maximum absolute atomic E-state index is 13.1. The number of nitrogens with zero attached hydrogens (tertiary/aromatic N) is 2. The van der Waals surface area contributed by atoms with Crippen LogP contribution >= 0.6 is 0 Å². The van der Waals surface area contributed by atoms with E-state index in [1.54, 1.807) is 0 Å². The van der Waals surface area contributed by atoms with Gasteiger partial charge in [-0.2, -0.15) is 0 Å². The molecule has 0 aliphatic carbocycles. The van der Waals surface area contributed by atoms with E-state index < -0.39 is 0 Å². The summed E-state index contributed by atoms with van der Waals surface area (Å²) >= 11 is 0. The van der Waals surface area contributed by atoms with Gasteiger partial charge >= 0.3 is 5.97 Å². The number of likely N-dealkylation sites (tertiary alicyclic amines) is 1. The van der Waals surface area contributed by atoms with E-state index in [-0.39, 0.29) is 23.8 Å². The highest BCUT2D eigenvalue weighted by atomic mass is 16.5. The van der Waals surface area contributed by atoms with Gasteiger partial charge in [0.1, 0.15) is 0 Å². The van der Waals surface area contributed by atoms with Crippen molar-refractivity contribution in [1.82, 2.24) is 9.47 Å². The van der Waals surface area contributed by atoms with Crippen molar-refractivity contribution in [3.05, 3.63) is 58.9 Å². The van der Waals surface area contributed by atoms with E-state index in [2.05, 4.69) is 30.5 Å². The summed E-state index contributed by atoms with van der Waals surface area (Å²) in [6.45, 7) is 9.66. The molecule has 1 amide bonds. The first-order valence-electron chi connectivity index (χ1n) is 10.1. The van der Waals surface area contributed by atoms with Crippen molar-refractivity contribution in [2.45, 2.75) is 46.6 Å². The first-order chi connectivity index (χ1) is 13.4. The molecule has 0 radical (unpaired) electrons. The molecule has 1 unspecified atom stereocenters. The highest BCUT2D eigenvalue weighted by Crippen LogP contribution is 2.27. The third-order valence-corrected chi connectivity index (χ3v) is 5.79. The Morgan fingerprint density at radius 3 is 2.39 bits per heavy atom. The van der Waals surface area contributed by atoms with Crippen LogP contribution in [0.3, 0.4) is 0 Å². The fourth-order valence-electron chi connectivity index (χ4n) is 4.22. The second kappa shape index (κ2) is 8.63. The highest BCUT2D eigenvalue weighted by molar-refractivity contribution is 5.96. The summed E-state index contributed by atoms with van der Waals surface area (Å²) in [5.41, 5.74) is 4.05. The normalized spacial score (nSPS) is 16.1. The molecule has 150 valence electrons. The largest absolute Gasteiger partial charge is 0.466 e. The molecule has 1 fully saturated rings. The number of ether oxygens (including phenoxy) is 1. The minimum atomic E-state index is -0.135. The maximum Gasteiger partial charge on any atom is 0.309 e. The predicted molar refractivity (Wildman–Crippen MR) is 109 cm³/mol. The number of hydrogen-bond acceptors (Lipinski definition) is 3. The van der Waals surface area contributed by atoms with Gasteiger partial charge in [-0.1, -0.05) is 30.3 Å². The van der Waals surface area contributed by atoms with Gasteiger partial charge in [-0.3, -0.25) is 9.59 Å². The molecule has 0 saturated carbocycles. The second-order valence-corrected chi connectivity index (χ2v) is 7.56. The summed E-state index contributed by atoms with van der Waals surface area (Å²) in [6.07, 6.45) is 1.34. The summed E-state index contributed by atoms with van der Waals surface area (Å²) in [5.74, 6) is -0.166. The number of hydrogen-bond donors (Lipinski definition) is 0. The first-order valence-corrected chi connectivity index (χ1v) is 10.1. The minimum absolute atomic E-state index is 0.0573. The van der Waals surface area contributed by atoms with Crippen LogP contribution in [0.5, 0.6) is 0 Å². The summed E-state index contributed by atoms with van der Waals surface area (Å²) in [6, 6.07) is 12.5. The quantitative estimate of drug-likeness (QED) is 0.731. The van der Waals surface area contributed by atoms with Crippen LogP contribution in [0.2, 0.25) is 0 Å². The number of amides is 1. The van der Waals surface area contributed by atoms with Gasteiger partial charge in [0.15, 0.2) is 0 Å². The fraction of sp³-hybridized carbons (Fsp3) is 0.478. The van der Waals surface area contributed by atoms with Crippen LogP contribution < -0.4 is 0 Å². The molecule has 5 nitrogen and oxygen atoms in total. The van der Waals surface area contributed by atoms with Crippen LogP contribution in [0.4, 0.5) is 0 Å². The van der Waals surface area contributed by atoms with Crippen molar-refractivity contribution in [1.29, 1.82) is 0 Å². The number of esters is 1. The zero-order valence-corrected chi connectivity index (χ0v) is 17.3. The van der Waals surface area contributed by atoms with E-state index >= 15 is 0 Å². The van der Waals surface area contributed by atoms with Crippen molar-refractivity contribution in [2.24, 2.45) is 5.92 Å². The Balaban J connectivity index is 1.74.